The summed E-state index contributed by atoms with van der Waals surface area (Å²) in [6.07, 6.45) is 4.47. The predicted molar refractivity (Wildman–Crippen MR) is 123 cm³/mol. The van der Waals surface area contributed by atoms with E-state index in [1.807, 2.05) is 36.1 Å². The van der Waals surface area contributed by atoms with Gasteiger partial charge in [0.15, 0.2) is 0 Å². The number of hydrogen-bond donors (Lipinski definition) is 3. The van der Waals surface area contributed by atoms with Crippen molar-refractivity contribution in [3.8, 4) is 5.75 Å². The molecule has 1 aliphatic heterocycles. The Balaban J connectivity index is 1.37. The van der Waals surface area contributed by atoms with E-state index in [4.69, 9.17) is 4.74 Å². The molecule has 3 amide bonds. The van der Waals surface area contributed by atoms with E-state index in [1.165, 1.54) is 12.8 Å². The number of ether oxygens (including phenoxy) is 1. The van der Waals surface area contributed by atoms with Crippen LogP contribution in [0.5, 0.6) is 5.75 Å². The zero-order valence-electron chi connectivity index (χ0n) is 17.7. The van der Waals surface area contributed by atoms with E-state index >= 15 is 0 Å². The summed E-state index contributed by atoms with van der Waals surface area (Å²) in [6.45, 7) is 4.13. The summed E-state index contributed by atoms with van der Waals surface area (Å²) in [5.74, 6) is 0.539. The number of nitrogens with one attached hydrogen (secondary N) is 3. The molecule has 7 heteroatoms. The molecular formula is C24H28N4O3. The van der Waals surface area contributed by atoms with Crippen molar-refractivity contribution in [3.63, 3.8) is 0 Å². The molecule has 1 fully saturated rings. The average molecular weight is 421 g/mol. The van der Waals surface area contributed by atoms with Crippen LogP contribution in [0.15, 0.2) is 48.5 Å². The fraction of sp³-hybridized carbons (Fsp3) is 0.333. The first-order valence-electron chi connectivity index (χ1n) is 10.9. The van der Waals surface area contributed by atoms with Crippen molar-refractivity contribution in [2.45, 2.75) is 32.6 Å². The van der Waals surface area contributed by atoms with Crippen LogP contribution < -0.4 is 15.4 Å². The number of aromatic amines is 1. The molecule has 1 aromatic heterocycles. The van der Waals surface area contributed by atoms with Crippen LogP contribution in [-0.2, 0) is 0 Å². The number of H-pyrrole nitrogens is 1. The summed E-state index contributed by atoms with van der Waals surface area (Å²) in [4.78, 5) is 30.1. The largest absolute Gasteiger partial charge is 0.494 e. The molecule has 0 aliphatic carbocycles. The minimum absolute atomic E-state index is 0.0665. The number of carbonyl (C=O) groups excluding carboxylic acids is 2. The molecule has 0 unspecified atom stereocenters. The number of anilines is 2. The number of aromatic nitrogens is 1. The second kappa shape index (κ2) is 9.55. The monoisotopic (exact) mass is 420 g/mol. The summed E-state index contributed by atoms with van der Waals surface area (Å²) in [5, 5.41) is 6.77. The van der Waals surface area contributed by atoms with Gasteiger partial charge in [-0.05, 0) is 62.2 Å². The Kier molecular flexibility index (Phi) is 6.40. The van der Waals surface area contributed by atoms with E-state index < -0.39 is 0 Å². The Hall–Kier alpha value is -3.48. The number of hydrogen-bond acceptors (Lipinski definition) is 3. The molecule has 1 aliphatic rings. The number of benzene rings is 2. The van der Waals surface area contributed by atoms with Gasteiger partial charge in [0.25, 0.3) is 5.91 Å². The van der Waals surface area contributed by atoms with Gasteiger partial charge in [-0.2, -0.15) is 0 Å². The van der Waals surface area contributed by atoms with Gasteiger partial charge < -0.3 is 25.3 Å². The predicted octanol–water partition coefficient (Wildman–Crippen LogP) is 5.23. The van der Waals surface area contributed by atoms with Gasteiger partial charge in [0.2, 0.25) is 0 Å². The molecule has 2 heterocycles. The van der Waals surface area contributed by atoms with Gasteiger partial charge in [0, 0.05) is 41.4 Å². The van der Waals surface area contributed by atoms with Crippen molar-refractivity contribution >= 4 is 34.2 Å². The lowest BCUT2D eigenvalue weighted by Crippen LogP contribution is -2.35. The molecule has 0 bridgehead atoms. The van der Waals surface area contributed by atoms with Crippen molar-refractivity contribution in [1.29, 1.82) is 0 Å². The number of amides is 3. The first-order valence-corrected chi connectivity index (χ1v) is 10.9. The van der Waals surface area contributed by atoms with Crippen molar-refractivity contribution in [2.75, 3.05) is 30.3 Å². The SMILES string of the molecule is CCOc1ccc2cc(C(=O)Nc3ccc(NC(=O)N4CCCCCC4)cc3)[nH]c2c1. The maximum absolute atomic E-state index is 12.6. The number of urea groups is 1. The van der Waals surface area contributed by atoms with Crippen LogP contribution in [-0.4, -0.2) is 41.5 Å². The molecule has 0 spiro atoms. The smallest absolute Gasteiger partial charge is 0.321 e. The van der Waals surface area contributed by atoms with E-state index in [0.717, 1.165) is 42.6 Å². The molecule has 0 atom stereocenters. The highest BCUT2D eigenvalue weighted by Crippen LogP contribution is 2.22. The van der Waals surface area contributed by atoms with Crippen LogP contribution in [0.25, 0.3) is 10.9 Å². The van der Waals surface area contributed by atoms with Crippen molar-refractivity contribution in [1.82, 2.24) is 9.88 Å². The molecule has 162 valence electrons. The number of likely N-dealkylation sites (tertiary alicyclic amines) is 1. The zero-order chi connectivity index (χ0) is 21.6. The molecule has 3 aromatic rings. The van der Waals surface area contributed by atoms with Gasteiger partial charge in [-0.1, -0.05) is 12.8 Å². The molecule has 31 heavy (non-hydrogen) atoms. The van der Waals surface area contributed by atoms with Gasteiger partial charge >= 0.3 is 6.03 Å². The zero-order valence-corrected chi connectivity index (χ0v) is 17.7. The second-order valence-electron chi connectivity index (χ2n) is 7.73. The van der Waals surface area contributed by atoms with Gasteiger partial charge in [-0.3, -0.25) is 4.79 Å². The molecule has 0 radical (unpaired) electrons. The normalized spacial score (nSPS) is 14.2. The molecule has 2 aromatic carbocycles. The highest BCUT2D eigenvalue weighted by atomic mass is 16.5. The first-order chi connectivity index (χ1) is 15.1. The Morgan fingerprint density at radius 2 is 1.61 bits per heavy atom. The van der Waals surface area contributed by atoms with E-state index in [-0.39, 0.29) is 11.9 Å². The number of carbonyl (C=O) groups is 2. The molecule has 0 saturated carbocycles. The Morgan fingerprint density at radius 1 is 0.935 bits per heavy atom. The Morgan fingerprint density at radius 3 is 2.29 bits per heavy atom. The van der Waals surface area contributed by atoms with E-state index in [0.29, 0.717) is 23.7 Å². The highest BCUT2D eigenvalue weighted by Gasteiger charge is 2.15. The highest BCUT2D eigenvalue weighted by molar-refractivity contribution is 6.06. The molecule has 1 saturated heterocycles. The minimum atomic E-state index is -0.226. The van der Waals surface area contributed by atoms with Crippen LogP contribution in [0, 0.1) is 0 Å². The topological polar surface area (TPSA) is 86.5 Å². The quantitative estimate of drug-likeness (QED) is 0.528. The molecular weight excluding hydrogens is 392 g/mol. The Bertz CT molecular complexity index is 1050. The van der Waals surface area contributed by atoms with Crippen LogP contribution in [0.2, 0.25) is 0 Å². The standard InChI is InChI=1S/C24H28N4O3/c1-2-31-20-12-7-17-15-22(27-21(17)16-20)23(29)25-18-8-10-19(11-9-18)26-24(30)28-13-5-3-4-6-14-28/h7-12,15-16,27H,2-6,13-14H2,1H3,(H,25,29)(H,26,30). The molecule has 7 nitrogen and oxygen atoms in total. The third kappa shape index (κ3) is 5.17. The lowest BCUT2D eigenvalue weighted by Gasteiger charge is -2.20. The maximum Gasteiger partial charge on any atom is 0.321 e. The van der Waals surface area contributed by atoms with E-state index in [1.54, 1.807) is 24.3 Å². The summed E-state index contributed by atoms with van der Waals surface area (Å²) in [6, 6.07) is 14.6. The van der Waals surface area contributed by atoms with Gasteiger partial charge in [0.1, 0.15) is 11.4 Å². The summed E-state index contributed by atoms with van der Waals surface area (Å²) in [5.41, 5.74) is 2.69. The van der Waals surface area contributed by atoms with Crippen molar-refractivity contribution < 1.29 is 14.3 Å². The van der Waals surface area contributed by atoms with Crippen molar-refractivity contribution in [3.05, 3.63) is 54.2 Å². The second-order valence-corrected chi connectivity index (χ2v) is 7.73. The summed E-state index contributed by atoms with van der Waals surface area (Å²) >= 11 is 0. The van der Waals surface area contributed by atoms with Gasteiger partial charge in [-0.15, -0.1) is 0 Å². The third-order valence-corrected chi connectivity index (χ3v) is 5.44. The third-order valence-electron chi connectivity index (χ3n) is 5.44. The average Bonchev–Trinajstić information content (AvgIpc) is 3.00. The van der Waals surface area contributed by atoms with Crippen molar-refractivity contribution in [2.24, 2.45) is 0 Å². The maximum atomic E-state index is 12.6. The van der Waals surface area contributed by atoms with Crippen LogP contribution in [0.3, 0.4) is 0 Å². The fourth-order valence-electron chi connectivity index (χ4n) is 3.80. The fourth-order valence-corrected chi connectivity index (χ4v) is 3.80. The van der Waals surface area contributed by atoms with E-state index in [9.17, 15) is 9.59 Å². The number of rotatable bonds is 5. The van der Waals surface area contributed by atoms with Crippen LogP contribution in [0.4, 0.5) is 16.2 Å². The molecule has 3 N–H and O–H groups in total. The summed E-state index contributed by atoms with van der Waals surface area (Å²) < 4.78 is 5.51. The lowest BCUT2D eigenvalue weighted by molar-refractivity contribution is 0.102. The van der Waals surface area contributed by atoms with Gasteiger partial charge in [0.05, 0.1) is 6.61 Å². The number of fused-ring (bicyclic) bond motifs is 1. The minimum Gasteiger partial charge on any atom is -0.494 e. The number of nitrogens with zero attached hydrogens (tertiary/aromatic N) is 1. The van der Waals surface area contributed by atoms with Crippen LogP contribution in [0.1, 0.15) is 43.1 Å². The molecule has 4 rings (SSSR count). The van der Waals surface area contributed by atoms with E-state index in [2.05, 4.69) is 15.6 Å². The summed E-state index contributed by atoms with van der Waals surface area (Å²) in [7, 11) is 0. The lowest BCUT2D eigenvalue weighted by atomic mass is 10.2. The Labute approximate surface area is 181 Å². The van der Waals surface area contributed by atoms with Crippen LogP contribution >= 0.6 is 0 Å². The van der Waals surface area contributed by atoms with Gasteiger partial charge in [-0.25, -0.2) is 4.79 Å². The first kappa shape index (κ1) is 20.8.